The number of ether oxygens (including phenoxy) is 1. The number of hydrogen-bond acceptors (Lipinski definition) is 4. The van der Waals surface area contributed by atoms with Crippen LogP contribution in [0.15, 0.2) is 12.4 Å². The van der Waals surface area contributed by atoms with E-state index >= 15 is 0 Å². The summed E-state index contributed by atoms with van der Waals surface area (Å²) >= 11 is 5.67. The zero-order chi connectivity index (χ0) is 10.5. The zero-order valence-electron chi connectivity index (χ0n) is 8.45. The molecule has 0 aromatic carbocycles. The van der Waals surface area contributed by atoms with Crippen molar-refractivity contribution in [1.82, 2.24) is 15.3 Å². The highest BCUT2D eigenvalue weighted by atomic mass is 35.5. The Balaban J connectivity index is 1.79. The Labute approximate surface area is 94.0 Å². The third-order valence-corrected chi connectivity index (χ3v) is 2.62. The Morgan fingerprint density at radius 1 is 1.40 bits per heavy atom. The minimum absolute atomic E-state index is 0.395. The van der Waals surface area contributed by atoms with Crippen molar-refractivity contribution in [2.45, 2.75) is 25.3 Å². The van der Waals surface area contributed by atoms with E-state index in [2.05, 4.69) is 15.3 Å². The van der Waals surface area contributed by atoms with Gasteiger partial charge in [-0.2, -0.15) is 0 Å². The summed E-state index contributed by atoms with van der Waals surface area (Å²) in [6.07, 6.45) is 6.76. The van der Waals surface area contributed by atoms with Gasteiger partial charge in [-0.1, -0.05) is 18.0 Å². The Morgan fingerprint density at radius 3 is 2.87 bits per heavy atom. The Hall–Kier alpha value is -0.870. The number of nitrogens with zero attached hydrogens (tertiary/aromatic N) is 2. The monoisotopic (exact) mass is 227 g/mol. The molecule has 4 nitrogen and oxygen atoms in total. The number of hydrogen-bond donors (Lipinski definition) is 1. The zero-order valence-corrected chi connectivity index (χ0v) is 9.20. The molecular weight excluding hydrogens is 214 g/mol. The second-order valence-electron chi connectivity index (χ2n) is 3.64. The van der Waals surface area contributed by atoms with Crippen LogP contribution >= 0.6 is 11.6 Å². The number of piperidine rings is 1. The summed E-state index contributed by atoms with van der Waals surface area (Å²) in [4.78, 5) is 7.94. The Bertz CT molecular complexity index is 298. The van der Waals surface area contributed by atoms with Gasteiger partial charge in [0.05, 0.1) is 17.4 Å². The fourth-order valence-corrected chi connectivity index (χ4v) is 1.71. The molecule has 15 heavy (non-hydrogen) atoms. The van der Waals surface area contributed by atoms with Crippen LogP contribution in [-0.4, -0.2) is 29.2 Å². The van der Waals surface area contributed by atoms with Gasteiger partial charge in [-0.05, 0) is 19.4 Å². The van der Waals surface area contributed by atoms with Crippen LogP contribution in [0, 0.1) is 0 Å². The highest BCUT2D eigenvalue weighted by molar-refractivity contribution is 6.30. The predicted molar refractivity (Wildman–Crippen MR) is 58.2 cm³/mol. The molecule has 1 aliphatic heterocycles. The highest BCUT2D eigenvalue weighted by Crippen LogP contribution is 2.10. The van der Waals surface area contributed by atoms with Gasteiger partial charge in [0.15, 0.2) is 0 Å². The molecule has 1 fully saturated rings. The number of halogens is 1. The average Bonchev–Trinajstić information content (AvgIpc) is 2.30. The number of aromatic nitrogens is 2. The normalized spacial score (nSPS) is 21.3. The van der Waals surface area contributed by atoms with E-state index in [4.69, 9.17) is 16.3 Å². The first kappa shape index (κ1) is 10.6. The molecule has 0 unspecified atom stereocenters. The average molecular weight is 228 g/mol. The van der Waals surface area contributed by atoms with Crippen molar-refractivity contribution in [3.05, 3.63) is 17.4 Å². The summed E-state index contributed by atoms with van der Waals surface area (Å²) < 4.78 is 5.46. The quantitative estimate of drug-likeness (QED) is 0.853. The molecule has 1 saturated heterocycles. The second kappa shape index (κ2) is 5.28. The lowest BCUT2D eigenvalue weighted by molar-refractivity contribution is 0.224. The van der Waals surface area contributed by atoms with Crippen LogP contribution in [0.5, 0.6) is 6.01 Å². The molecule has 2 heterocycles. The Morgan fingerprint density at radius 2 is 2.20 bits per heavy atom. The second-order valence-corrected chi connectivity index (χ2v) is 4.08. The maximum atomic E-state index is 5.67. The fourth-order valence-electron chi connectivity index (χ4n) is 1.62. The van der Waals surface area contributed by atoms with E-state index < -0.39 is 0 Å². The minimum Gasteiger partial charge on any atom is -0.462 e. The third kappa shape index (κ3) is 3.32. The smallest absolute Gasteiger partial charge is 0.316 e. The lowest BCUT2D eigenvalue weighted by Gasteiger charge is -2.22. The lowest BCUT2D eigenvalue weighted by Crippen LogP contribution is -2.38. The van der Waals surface area contributed by atoms with Gasteiger partial charge in [0.25, 0.3) is 0 Å². The number of nitrogens with one attached hydrogen (secondary N) is 1. The molecule has 1 aromatic rings. The van der Waals surface area contributed by atoms with Crippen molar-refractivity contribution < 1.29 is 4.74 Å². The topological polar surface area (TPSA) is 47.0 Å². The molecule has 0 amide bonds. The van der Waals surface area contributed by atoms with Gasteiger partial charge in [0, 0.05) is 6.04 Å². The standard InChI is InChI=1S/C10H14ClN3O/c11-8-5-13-10(14-6-8)15-7-9-3-1-2-4-12-9/h5-6,9,12H,1-4,7H2/t9-/m1/s1. The van der Waals surface area contributed by atoms with E-state index in [9.17, 15) is 0 Å². The molecular formula is C10H14ClN3O. The van der Waals surface area contributed by atoms with E-state index in [-0.39, 0.29) is 0 Å². The summed E-state index contributed by atoms with van der Waals surface area (Å²) in [5.41, 5.74) is 0. The molecule has 0 aliphatic carbocycles. The first-order valence-corrected chi connectivity index (χ1v) is 5.56. The van der Waals surface area contributed by atoms with Crippen molar-refractivity contribution in [3.8, 4) is 6.01 Å². The number of rotatable bonds is 3. The molecule has 0 saturated carbocycles. The molecule has 82 valence electrons. The van der Waals surface area contributed by atoms with Crippen LogP contribution in [-0.2, 0) is 0 Å². The SMILES string of the molecule is Clc1cnc(OC[C@H]2CCCCN2)nc1. The van der Waals surface area contributed by atoms with Gasteiger partial charge in [-0.15, -0.1) is 0 Å². The maximum Gasteiger partial charge on any atom is 0.316 e. The van der Waals surface area contributed by atoms with Crippen LogP contribution in [0.2, 0.25) is 5.02 Å². The van der Waals surface area contributed by atoms with E-state index in [1.54, 1.807) is 0 Å². The molecule has 0 spiro atoms. The van der Waals surface area contributed by atoms with Gasteiger partial charge in [0.1, 0.15) is 6.61 Å². The third-order valence-electron chi connectivity index (χ3n) is 2.42. The fraction of sp³-hybridized carbons (Fsp3) is 0.600. The maximum absolute atomic E-state index is 5.67. The minimum atomic E-state index is 0.395. The first-order valence-electron chi connectivity index (χ1n) is 5.18. The molecule has 0 radical (unpaired) electrons. The van der Waals surface area contributed by atoms with Gasteiger partial charge in [-0.3, -0.25) is 0 Å². The predicted octanol–water partition coefficient (Wildman–Crippen LogP) is 1.65. The summed E-state index contributed by atoms with van der Waals surface area (Å²) in [7, 11) is 0. The molecule has 1 aliphatic rings. The van der Waals surface area contributed by atoms with Crippen LogP contribution in [0.4, 0.5) is 0 Å². The molecule has 2 rings (SSSR count). The van der Waals surface area contributed by atoms with Gasteiger partial charge < -0.3 is 10.1 Å². The summed E-state index contributed by atoms with van der Waals surface area (Å²) in [6.45, 7) is 1.71. The molecule has 1 N–H and O–H groups in total. The van der Waals surface area contributed by atoms with Crippen LogP contribution in [0.25, 0.3) is 0 Å². The lowest BCUT2D eigenvalue weighted by atomic mass is 10.1. The van der Waals surface area contributed by atoms with E-state index in [0.29, 0.717) is 23.7 Å². The van der Waals surface area contributed by atoms with E-state index in [1.165, 1.54) is 25.2 Å². The van der Waals surface area contributed by atoms with Gasteiger partial charge in [0.2, 0.25) is 0 Å². The van der Waals surface area contributed by atoms with Crippen molar-refractivity contribution in [2.24, 2.45) is 0 Å². The highest BCUT2D eigenvalue weighted by Gasteiger charge is 2.13. The molecule has 5 heteroatoms. The van der Waals surface area contributed by atoms with Crippen molar-refractivity contribution >= 4 is 11.6 Å². The van der Waals surface area contributed by atoms with Crippen molar-refractivity contribution in [2.75, 3.05) is 13.2 Å². The molecule has 1 aromatic heterocycles. The molecule has 1 atom stereocenters. The largest absolute Gasteiger partial charge is 0.462 e. The van der Waals surface area contributed by atoms with E-state index in [0.717, 1.165) is 13.0 Å². The molecule has 0 bridgehead atoms. The first-order chi connectivity index (χ1) is 7.34. The summed E-state index contributed by atoms with van der Waals surface area (Å²) in [5, 5.41) is 3.92. The van der Waals surface area contributed by atoms with Gasteiger partial charge in [-0.25, -0.2) is 9.97 Å². The Kier molecular flexibility index (Phi) is 3.75. The van der Waals surface area contributed by atoms with Gasteiger partial charge >= 0.3 is 6.01 Å². The van der Waals surface area contributed by atoms with E-state index in [1.807, 2.05) is 0 Å². The van der Waals surface area contributed by atoms with Crippen molar-refractivity contribution in [1.29, 1.82) is 0 Å². The van der Waals surface area contributed by atoms with Crippen LogP contribution < -0.4 is 10.1 Å². The van der Waals surface area contributed by atoms with Crippen LogP contribution in [0.1, 0.15) is 19.3 Å². The van der Waals surface area contributed by atoms with Crippen LogP contribution in [0.3, 0.4) is 0 Å². The van der Waals surface area contributed by atoms with Crippen molar-refractivity contribution in [3.63, 3.8) is 0 Å². The summed E-state index contributed by atoms with van der Waals surface area (Å²) in [5.74, 6) is 0. The summed E-state index contributed by atoms with van der Waals surface area (Å²) in [6, 6.07) is 0.824.